The number of aryl methyl sites for hydroxylation is 1. The fraction of sp³-hybridized carbons (Fsp3) is 0.0833. The van der Waals surface area contributed by atoms with Gasteiger partial charge in [0.2, 0.25) is 0 Å². The minimum atomic E-state index is -3.79. The van der Waals surface area contributed by atoms with Crippen molar-refractivity contribution in [3.63, 3.8) is 0 Å². The second-order valence-electron chi connectivity index (χ2n) is 4.21. The van der Waals surface area contributed by atoms with Crippen LogP contribution in [0.25, 0.3) is 0 Å². The largest absolute Gasteiger partial charge is 0.307 e. The molecule has 0 unspecified atom stereocenters. The van der Waals surface area contributed by atoms with Gasteiger partial charge in [-0.3, -0.25) is 4.72 Å². The quantitative estimate of drug-likeness (QED) is 0.550. The van der Waals surface area contributed by atoms with E-state index in [1.54, 1.807) is 19.1 Å². The lowest BCUT2D eigenvalue weighted by atomic mass is 10.2. The monoisotopic (exact) mass is 390 g/mol. The molecule has 0 fully saturated rings. The van der Waals surface area contributed by atoms with E-state index in [2.05, 4.69) is 31.1 Å². The summed E-state index contributed by atoms with van der Waals surface area (Å²) in [5, 5.41) is 0.117. The maximum absolute atomic E-state index is 12.3. The number of nitrogen functional groups attached to an aromatic ring is 1. The van der Waals surface area contributed by atoms with Crippen LogP contribution in [-0.2, 0) is 10.0 Å². The topological polar surface area (TPSA) is 97.1 Å². The van der Waals surface area contributed by atoms with Gasteiger partial charge in [-0.1, -0.05) is 33.6 Å². The maximum Gasteiger partial charge on any atom is 0.263 e. The molecule has 6 nitrogen and oxygen atoms in total. The Morgan fingerprint density at radius 1 is 1.33 bits per heavy atom. The molecular formula is C12H12BrClN4O2S. The molecule has 112 valence electrons. The number of aromatic nitrogens is 1. The van der Waals surface area contributed by atoms with Gasteiger partial charge in [0.05, 0.1) is 10.7 Å². The highest BCUT2D eigenvalue weighted by molar-refractivity contribution is 9.10. The first-order valence-corrected chi connectivity index (χ1v) is 8.40. The normalized spacial score (nSPS) is 11.2. The molecule has 0 saturated heterocycles. The van der Waals surface area contributed by atoms with Gasteiger partial charge in [0.25, 0.3) is 10.0 Å². The zero-order valence-corrected chi connectivity index (χ0v) is 14.1. The van der Waals surface area contributed by atoms with Crippen LogP contribution in [0.2, 0.25) is 5.02 Å². The molecule has 4 N–H and O–H groups in total. The number of hydrogen-bond acceptors (Lipinski definition) is 5. The predicted octanol–water partition coefficient (Wildman–Crippen LogP) is 2.89. The summed E-state index contributed by atoms with van der Waals surface area (Å²) in [6.45, 7) is 1.80. The summed E-state index contributed by atoms with van der Waals surface area (Å²) in [5.74, 6) is 5.41. The number of rotatable bonds is 4. The molecule has 9 heteroatoms. The molecule has 0 aliphatic rings. The van der Waals surface area contributed by atoms with Gasteiger partial charge in [-0.25, -0.2) is 19.2 Å². The molecule has 1 aromatic carbocycles. The number of benzene rings is 1. The van der Waals surface area contributed by atoms with Crippen LogP contribution < -0.4 is 16.0 Å². The van der Waals surface area contributed by atoms with Crippen molar-refractivity contribution in [1.82, 2.24) is 4.98 Å². The third-order valence-electron chi connectivity index (χ3n) is 2.71. The van der Waals surface area contributed by atoms with Crippen LogP contribution in [0.5, 0.6) is 0 Å². The van der Waals surface area contributed by atoms with E-state index in [4.69, 9.17) is 17.4 Å². The van der Waals surface area contributed by atoms with Gasteiger partial charge in [-0.15, -0.1) is 0 Å². The lowest BCUT2D eigenvalue weighted by Gasteiger charge is -2.11. The second-order valence-corrected chi connectivity index (χ2v) is 7.22. The van der Waals surface area contributed by atoms with E-state index >= 15 is 0 Å². The maximum atomic E-state index is 12.3. The number of nitrogens with one attached hydrogen (secondary N) is 2. The van der Waals surface area contributed by atoms with Crippen LogP contribution in [0.4, 0.5) is 11.5 Å². The summed E-state index contributed by atoms with van der Waals surface area (Å²) in [7, 11) is -3.79. The van der Waals surface area contributed by atoms with E-state index < -0.39 is 10.0 Å². The van der Waals surface area contributed by atoms with Crippen molar-refractivity contribution in [2.24, 2.45) is 5.84 Å². The van der Waals surface area contributed by atoms with Gasteiger partial charge < -0.3 is 5.43 Å². The SMILES string of the molecule is Cc1ccc(Br)cc1NS(=O)(=O)c1cnc(NN)c(Cl)c1. The number of hydrazine groups is 1. The summed E-state index contributed by atoms with van der Waals surface area (Å²) in [6.07, 6.45) is 1.18. The number of nitrogens with zero attached hydrogens (tertiary/aromatic N) is 1. The molecule has 1 heterocycles. The Kier molecular flexibility index (Phi) is 4.72. The molecule has 0 atom stereocenters. The molecule has 0 aliphatic carbocycles. The number of sulfonamides is 1. The average Bonchev–Trinajstić information content (AvgIpc) is 2.42. The van der Waals surface area contributed by atoms with Gasteiger partial charge in [0, 0.05) is 10.7 Å². The van der Waals surface area contributed by atoms with Gasteiger partial charge >= 0.3 is 0 Å². The zero-order valence-electron chi connectivity index (χ0n) is 10.9. The predicted molar refractivity (Wildman–Crippen MR) is 86.7 cm³/mol. The van der Waals surface area contributed by atoms with Crippen LogP contribution in [0.15, 0.2) is 39.8 Å². The van der Waals surface area contributed by atoms with Crippen molar-refractivity contribution in [2.45, 2.75) is 11.8 Å². The minimum Gasteiger partial charge on any atom is -0.307 e. The highest BCUT2D eigenvalue weighted by Crippen LogP contribution is 2.26. The van der Waals surface area contributed by atoms with E-state index in [1.165, 1.54) is 12.3 Å². The van der Waals surface area contributed by atoms with Crippen LogP contribution >= 0.6 is 27.5 Å². The van der Waals surface area contributed by atoms with E-state index in [-0.39, 0.29) is 15.7 Å². The standard InChI is InChI=1S/C12H12BrClN4O2S/c1-7-2-3-8(13)4-11(7)18-21(19,20)9-5-10(14)12(17-15)16-6-9/h2-6,18H,15H2,1H3,(H,16,17). The Balaban J connectivity index is 2.38. The first-order valence-electron chi connectivity index (χ1n) is 5.74. The molecule has 0 spiro atoms. The molecule has 0 bridgehead atoms. The Labute approximate surface area is 135 Å². The fourth-order valence-electron chi connectivity index (χ4n) is 1.58. The van der Waals surface area contributed by atoms with Crippen LogP contribution in [0.3, 0.4) is 0 Å². The Morgan fingerprint density at radius 2 is 2.05 bits per heavy atom. The lowest BCUT2D eigenvalue weighted by Crippen LogP contribution is -2.15. The van der Waals surface area contributed by atoms with Crippen molar-refractivity contribution >= 4 is 49.1 Å². The third kappa shape index (κ3) is 3.65. The zero-order chi connectivity index (χ0) is 15.6. The number of pyridine rings is 1. The molecule has 1 aromatic heterocycles. The number of hydrogen-bond donors (Lipinski definition) is 3. The average molecular weight is 392 g/mol. The Morgan fingerprint density at radius 3 is 2.67 bits per heavy atom. The van der Waals surface area contributed by atoms with Crippen molar-refractivity contribution in [2.75, 3.05) is 10.1 Å². The van der Waals surface area contributed by atoms with Gasteiger partial charge in [0.1, 0.15) is 4.90 Å². The van der Waals surface area contributed by atoms with Crippen LogP contribution in [0.1, 0.15) is 5.56 Å². The first kappa shape index (κ1) is 16.0. The number of nitrogens with two attached hydrogens (primary N) is 1. The summed E-state index contributed by atoms with van der Waals surface area (Å²) >= 11 is 9.19. The minimum absolute atomic E-state index is 0.0501. The Hall–Kier alpha value is -1.35. The Bertz CT molecular complexity index is 783. The summed E-state index contributed by atoms with van der Waals surface area (Å²) in [5.41, 5.74) is 3.54. The van der Waals surface area contributed by atoms with E-state index in [9.17, 15) is 8.42 Å². The molecule has 0 aliphatic heterocycles. The number of halogens is 2. The molecule has 2 aromatic rings. The summed E-state index contributed by atoms with van der Waals surface area (Å²) in [6, 6.07) is 6.58. The smallest absolute Gasteiger partial charge is 0.263 e. The van der Waals surface area contributed by atoms with Crippen molar-refractivity contribution in [3.8, 4) is 0 Å². The number of anilines is 2. The highest BCUT2D eigenvalue weighted by Gasteiger charge is 2.17. The third-order valence-corrected chi connectivity index (χ3v) is 4.82. The van der Waals surface area contributed by atoms with Crippen molar-refractivity contribution in [3.05, 3.63) is 45.5 Å². The molecule has 0 saturated carbocycles. The highest BCUT2D eigenvalue weighted by atomic mass is 79.9. The van der Waals surface area contributed by atoms with Gasteiger partial charge in [-0.05, 0) is 30.7 Å². The van der Waals surface area contributed by atoms with Crippen molar-refractivity contribution < 1.29 is 8.42 Å². The molecule has 0 amide bonds. The first-order chi connectivity index (χ1) is 9.83. The van der Waals surface area contributed by atoms with E-state index in [1.807, 2.05) is 6.07 Å². The van der Waals surface area contributed by atoms with E-state index in [0.717, 1.165) is 10.0 Å². The fourth-order valence-corrected chi connectivity index (χ4v) is 3.32. The van der Waals surface area contributed by atoms with Crippen molar-refractivity contribution in [1.29, 1.82) is 0 Å². The van der Waals surface area contributed by atoms with E-state index in [0.29, 0.717) is 5.69 Å². The lowest BCUT2D eigenvalue weighted by molar-refractivity contribution is 0.601. The second kappa shape index (κ2) is 6.18. The van der Waals surface area contributed by atoms with Crippen LogP contribution in [-0.4, -0.2) is 13.4 Å². The van der Waals surface area contributed by atoms with Gasteiger partial charge in [-0.2, -0.15) is 0 Å². The van der Waals surface area contributed by atoms with Gasteiger partial charge in [0.15, 0.2) is 5.82 Å². The summed E-state index contributed by atoms with van der Waals surface area (Å²) < 4.78 is 27.9. The molecule has 2 rings (SSSR count). The molecule has 0 radical (unpaired) electrons. The van der Waals surface area contributed by atoms with Crippen LogP contribution in [0, 0.1) is 6.92 Å². The molecular weight excluding hydrogens is 380 g/mol. The molecule has 21 heavy (non-hydrogen) atoms. The summed E-state index contributed by atoms with van der Waals surface area (Å²) in [4.78, 5) is 3.80.